The zero-order chi connectivity index (χ0) is 14.7. The zero-order valence-electron chi connectivity index (χ0n) is 12.0. The zero-order valence-corrected chi connectivity index (χ0v) is 12.0. The average Bonchev–Trinajstić information content (AvgIpc) is 2.42. The topological polar surface area (TPSA) is 66.9 Å². The Bertz CT molecular complexity index is 409. The fraction of sp³-hybridized carbons (Fsp3) is 0.500. The van der Waals surface area contributed by atoms with Gasteiger partial charge in [0.2, 0.25) is 0 Å². The summed E-state index contributed by atoms with van der Waals surface area (Å²) in [5, 5.41) is 19.2. The normalized spacial score (nSPS) is 9.83. The van der Waals surface area contributed by atoms with Gasteiger partial charge in [-0.2, -0.15) is 5.26 Å². The highest BCUT2D eigenvalue weighted by atomic mass is 16.6. The Labute approximate surface area is 109 Å². The molecule has 0 N–H and O–H groups in total. The van der Waals surface area contributed by atoms with E-state index in [1.165, 1.54) is 12.1 Å². The van der Waals surface area contributed by atoms with Crippen LogP contribution in [0.15, 0.2) is 18.2 Å². The number of hydrogen-bond donors (Lipinski definition) is 0. The molecule has 0 aromatic heterocycles. The first-order valence-electron chi connectivity index (χ1n) is 6.21. The molecule has 0 spiro atoms. The molecule has 0 aliphatic rings. The molecule has 0 aliphatic heterocycles. The van der Waals surface area contributed by atoms with Crippen molar-refractivity contribution < 1.29 is 4.92 Å². The lowest BCUT2D eigenvalue weighted by Crippen LogP contribution is -1.96. The fourth-order valence-electron chi connectivity index (χ4n) is 1.28. The van der Waals surface area contributed by atoms with Crippen molar-refractivity contribution in [3.05, 3.63) is 39.4 Å². The van der Waals surface area contributed by atoms with Gasteiger partial charge in [-0.05, 0) is 25.0 Å². The minimum Gasteiger partial charge on any atom is -0.258 e. The lowest BCUT2D eigenvalue weighted by Gasteiger charge is -2.06. The number of hydrogen-bond acceptors (Lipinski definition) is 3. The highest BCUT2D eigenvalue weighted by Crippen LogP contribution is 2.23. The third kappa shape index (κ3) is 5.44. The van der Waals surface area contributed by atoms with Crippen molar-refractivity contribution in [2.24, 2.45) is 0 Å². The molecule has 0 radical (unpaired) electrons. The van der Waals surface area contributed by atoms with Gasteiger partial charge in [0.1, 0.15) is 0 Å². The van der Waals surface area contributed by atoms with Crippen molar-refractivity contribution >= 4 is 5.69 Å². The highest BCUT2D eigenvalue weighted by Gasteiger charge is 2.12. The molecule has 18 heavy (non-hydrogen) atoms. The van der Waals surface area contributed by atoms with Crippen molar-refractivity contribution in [3.63, 3.8) is 0 Å². The Morgan fingerprint density at radius 3 is 2.17 bits per heavy atom. The molecule has 4 heteroatoms. The molecule has 0 bridgehead atoms. The molecule has 1 unspecified atom stereocenters. The quantitative estimate of drug-likeness (QED) is 0.569. The Kier molecular flexibility index (Phi) is 10.5. The number of non-ortho nitro benzene ring substituents is 1. The maximum atomic E-state index is 10.5. The van der Waals surface area contributed by atoms with Crippen molar-refractivity contribution in [1.82, 2.24) is 0 Å². The van der Waals surface area contributed by atoms with E-state index in [0.717, 1.165) is 11.1 Å². The van der Waals surface area contributed by atoms with Crippen LogP contribution in [0.4, 0.5) is 5.69 Å². The second-order valence-electron chi connectivity index (χ2n) is 3.15. The van der Waals surface area contributed by atoms with Crippen LogP contribution in [-0.2, 0) is 0 Å². The standard InChI is InChI=1S/C10H10N2O2.2C2H6/c1-7-3-4-9(12(13)14)5-10(7)8(2)6-11;2*1-2/h3-5,8H,1-2H3;2*1-2H3. The summed E-state index contributed by atoms with van der Waals surface area (Å²) in [6, 6.07) is 6.64. The Morgan fingerprint density at radius 2 is 1.78 bits per heavy atom. The van der Waals surface area contributed by atoms with Crippen LogP contribution in [-0.4, -0.2) is 4.92 Å². The van der Waals surface area contributed by atoms with Crippen molar-refractivity contribution in [3.8, 4) is 6.07 Å². The summed E-state index contributed by atoms with van der Waals surface area (Å²) in [6.45, 7) is 11.6. The molecule has 0 amide bonds. The molecule has 0 aliphatic carbocycles. The third-order valence-corrected chi connectivity index (χ3v) is 2.13. The van der Waals surface area contributed by atoms with Gasteiger partial charge in [0.25, 0.3) is 5.69 Å². The van der Waals surface area contributed by atoms with E-state index in [0.29, 0.717) is 0 Å². The second kappa shape index (κ2) is 10.3. The molecule has 0 fully saturated rings. The number of nitriles is 1. The summed E-state index contributed by atoms with van der Waals surface area (Å²) < 4.78 is 0. The summed E-state index contributed by atoms with van der Waals surface area (Å²) in [4.78, 5) is 10.0. The molecule has 0 saturated carbocycles. The van der Waals surface area contributed by atoms with Crippen LogP contribution in [0, 0.1) is 28.4 Å². The van der Waals surface area contributed by atoms with Gasteiger partial charge < -0.3 is 0 Å². The number of benzene rings is 1. The van der Waals surface area contributed by atoms with E-state index in [9.17, 15) is 10.1 Å². The first-order chi connectivity index (χ1) is 8.56. The smallest absolute Gasteiger partial charge is 0.258 e. The van der Waals surface area contributed by atoms with Gasteiger partial charge in [-0.15, -0.1) is 0 Å². The molecule has 0 heterocycles. The Hall–Kier alpha value is -1.89. The van der Waals surface area contributed by atoms with Gasteiger partial charge >= 0.3 is 0 Å². The molecular weight excluding hydrogens is 228 g/mol. The van der Waals surface area contributed by atoms with E-state index in [2.05, 4.69) is 6.07 Å². The number of nitro benzene ring substituents is 1. The molecule has 1 aromatic carbocycles. The van der Waals surface area contributed by atoms with Crippen LogP contribution in [0.1, 0.15) is 51.7 Å². The molecule has 1 rings (SSSR count). The van der Waals surface area contributed by atoms with Crippen LogP contribution in [0.25, 0.3) is 0 Å². The maximum Gasteiger partial charge on any atom is 0.269 e. The SMILES string of the molecule is CC.CC.Cc1ccc([N+](=O)[O-])cc1C(C)C#N. The van der Waals surface area contributed by atoms with Crippen LogP contribution in [0.2, 0.25) is 0 Å². The lowest BCUT2D eigenvalue weighted by molar-refractivity contribution is -0.384. The summed E-state index contributed by atoms with van der Waals surface area (Å²) in [5.41, 5.74) is 1.67. The van der Waals surface area contributed by atoms with Crippen molar-refractivity contribution in [1.29, 1.82) is 5.26 Å². The van der Waals surface area contributed by atoms with Gasteiger partial charge in [-0.3, -0.25) is 10.1 Å². The number of nitro groups is 1. The van der Waals surface area contributed by atoms with Gasteiger partial charge in [0, 0.05) is 12.1 Å². The molecular formula is C14H22N2O2. The Balaban J connectivity index is 0. The van der Waals surface area contributed by atoms with Gasteiger partial charge in [0.15, 0.2) is 0 Å². The van der Waals surface area contributed by atoms with Crippen LogP contribution in [0.5, 0.6) is 0 Å². The summed E-state index contributed by atoms with van der Waals surface area (Å²) in [7, 11) is 0. The van der Waals surface area contributed by atoms with Crippen LogP contribution < -0.4 is 0 Å². The molecule has 1 atom stereocenters. The summed E-state index contributed by atoms with van der Waals surface area (Å²) >= 11 is 0. The molecule has 100 valence electrons. The van der Waals surface area contributed by atoms with Gasteiger partial charge in [-0.1, -0.05) is 33.8 Å². The summed E-state index contributed by atoms with van der Waals surface area (Å²) in [6.07, 6.45) is 0. The van der Waals surface area contributed by atoms with E-state index in [-0.39, 0.29) is 11.6 Å². The second-order valence-corrected chi connectivity index (χ2v) is 3.15. The molecule has 4 nitrogen and oxygen atoms in total. The van der Waals surface area contributed by atoms with Crippen molar-refractivity contribution in [2.75, 3.05) is 0 Å². The van der Waals surface area contributed by atoms with Crippen molar-refractivity contribution in [2.45, 2.75) is 47.5 Å². The molecule has 0 saturated heterocycles. The first-order valence-corrected chi connectivity index (χ1v) is 6.21. The largest absolute Gasteiger partial charge is 0.269 e. The number of nitrogens with zero attached hydrogens (tertiary/aromatic N) is 2. The van der Waals surface area contributed by atoms with E-state index in [1.807, 2.05) is 34.6 Å². The fourth-order valence-corrected chi connectivity index (χ4v) is 1.28. The minimum absolute atomic E-state index is 0.0349. The number of rotatable bonds is 2. The van der Waals surface area contributed by atoms with Crippen LogP contribution >= 0.6 is 0 Å². The van der Waals surface area contributed by atoms with E-state index in [1.54, 1.807) is 13.0 Å². The third-order valence-electron chi connectivity index (χ3n) is 2.13. The average molecular weight is 250 g/mol. The monoisotopic (exact) mass is 250 g/mol. The first kappa shape index (κ1) is 18.5. The predicted molar refractivity (Wildman–Crippen MR) is 74.6 cm³/mol. The summed E-state index contributed by atoms with van der Waals surface area (Å²) in [5.74, 6) is -0.310. The Morgan fingerprint density at radius 1 is 1.28 bits per heavy atom. The van der Waals surface area contributed by atoms with E-state index < -0.39 is 4.92 Å². The lowest BCUT2D eigenvalue weighted by atomic mass is 9.97. The van der Waals surface area contributed by atoms with Gasteiger partial charge in [0.05, 0.1) is 16.9 Å². The number of aryl methyl sites for hydroxylation is 1. The minimum atomic E-state index is -0.451. The molecule has 1 aromatic rings. The highest BCUT2D eigenvalue weighted by molar-refractivity contribution is 5.42. The predicted octanol–water partition coefficient (Wildman–Crippen LogP) is 4.58. The van der Waals surface area contributed by atoms with E-state index >= 15 is 0 Å². The van der Waals surface area contributed by atoms with E-state index in [4.69, 9.17) is 5.26 Å². The van der Waals surface area contributed by atoms with Crippen LogP contribution in [0.3, 0.4) is 0 Å². The van der Waals surface area contributed by atoms with Gasteiger partial charge in [-0.25, -0.2) is 0 Å². The maximum absolute atomic E-state index is 10.5.